The van der Waals surface area contributed by atoms with Crippen molar-refractivity contribution < 1.29 is 17.7 Å². The number of rotatable bonds is 4. The van der Waals surface area contributed by atoms with Crippen LogP contribution in [0, 0.1) is 0 Å². The first-order chi connectivity index (χ1) is 10.5. The second-order valence-corrected chi connectivity index (χ2v) is 7.26. The second kappa shape index (κ2) is 6.76. The van der Waals surface area contributed by atoms with Gasteiger partial charge < -0.3 is 9.84 Å². The van der Waals surface area contributed by atoms with Gasteiger partial charge in [0.2, 0.25) is 5.89 Å². The summed E-state index contributed by atoms with van der Waals surface area (Å²) in [7, 11) is 0. The molecule has 1 fully saturated rings. The van der Waals surface area contributed by atoms with Crippen LogP contribution in [0.1, 0.15) is 58.3 Å². The lowest BCUT2D eigenvalue weighted by atomic mass is 9.96. The van der Waals surface area contributed by atoms with E-state index in [1.165, 1.54) is 4.90 Å². The van der Waals surface area contributed by atoms with E-state index in [1.807, 2.05) is 27.7 Å². The minimum Gasteiger partial charge on any atom is -0.338 e. The van der Waals surface area contributed by atoms with Crippen molar-refractivity contribution in [1.82, 2.24) is 20.4 Å². The number of nitrogens with one attached hydrogen (secondary N) is 1. The Morgan fingerprint density at radius 1 is 1.26 bits per heavy atom. The molecule has 1 saturated heterocycles. The van der Waals surface area contributed by atoms with Gasteiger partial charge in [-0.3, -0.25) is 4.90 Å². The number of hydrogen-bond acceptors (Lipinski definition) is 5. The first-order valence-electron chi connectivity index (χ1n) is 7.94. The van der Waals surface area contributed by atoms with E-state index in [0.29, 0.717) is 37.6 Å². The first-order valence-corrected chi connectivity index (χ1v) is 7.94. The zero-order chi connectivity index (χ0) is 17.3. The molecule has 1 aromatic rings. The molecule has 0 spiro atoms. The van der Waals surface area contributed by atoms with Crippen LogP contribution in [0.2, 0.25) is 0 Å². The van der Waals surface area contributed by atoms with Crippen molar-refractivity contribution in [2.24, 2.45) is 0 Å². The van der Waals surface area contributed by atoms with Gasteiger partial charge in [0.1, 0.15) is 0 Å². The largest absolute Gasteiger partial charge is 0.401 e. The summed E-state index contributed by atoms with van der Waals surface area (Å²) in [6.45, 7) is 8.03. The molecule has 0 bridgehead atoms. The molecular weight excluding hydrogens is 309 g/mol. The van der Waals surface area contributed by atoms with Gasteiger partial charge >= 0.3 is 6.18 Å². The minimum absolute atomic E-state index is 0.113. The third kappa shape index (κ3) is 5.46. The van der Waals surface area contributed by atoms with Crippen molar-refractivity contribution in [3.05, 3.63) is 11.7 Å². The standard InChI is InChI=1S/C15H25F3N4O/c1-10(12-20-13(21-23-12)14(2,3)4)19-11-5-7-22(8-6-11)9-15(16,17)18/h10-11,19H,5-9H2,1-4H3. The Kier molecular flexibility index (Phi) is 5.35. The summed E-state index contributed by atoms with van der Waals surface area (Å²) in [6.07, 6.45) is -2.76. The fourth-order valence-electron chi connectivity index (χ4n) is 2.65. The van der Waals surface area contributed by atoms with Crippen molar-refractivity contribution in [3.8, 4) is 0 Å². The van der Waals surface area contributed by atoms with Gasteiger partial charge in [0.25, 0.3) is 0 Å². The number of nitrogens with zero attached hydrogens (tertiary/aromatic N) is 3. The first kappa shape index (κ1) is 18.2. The van der Waals surface area contributed by atoms with Gasteiger partial charge in [-0.15, -0.1) is 0 Å². The van der Waals surface area contributed by atoms with E-state index in [-0.39, 0.29) is 17.5 Å². The summed E-state index contributed by atoms with van der Waals surface area (Å²) in [5.41, 5.74) is -0.176. The molecule has 132 valence electrons. The van der Waals surface area contributed by atoms with Crippen molar-refractivity contribution in [3.63, 3.8) is 0 Å². The van der Waals surface area contributed by atoms with Crippen LogP contribution in [0.25, 0.3) is 0 Å². The summed E-state index contributed by atoms with van der Waals surface area (Å²) >= 11 is 0. The minimum atomic E-state index is -4.12. The number of alkyl halides is 3. The highest BCUT2D eigenvalue weighted by molar-refractivity contribution is 5.02. The fourth-order valence-corrected chi connectivity index (χ4v) is 2.65. The smallest absolute Gasteiger partial charge is 0.338 e. The number of aromatic nitrogens is 2. The summed E-state index contributed by atoms with van der Waals surface area (Å²) in [5, 5.41) is 7.37. The normalized spacial score (nSPS) is 20.0. The van der Waals surface area contributed by atoms with Gasteiger partial charge in [0.05, 0.1) is 12.6 Å². The van der Waals surface area contributed by atoms with Crippen molar-refractivity contribution >= 4 is 0 Å². The Hall–Kier alpha value is -1.15. The van der Waals surface area contributed by atoms with E-state index >= 15 is 0 Å². The van der Waals surface area contributed by atoms with Crippen molar-refractivity contribution in [1.29, 1.82) is 0 Å². The lowest BCUT2D eigenvalue weighted by Gasteiger charge is -2.33. The van der Waals surface area contributed by atoms with E-state index in [2.05, 4.69) is 15.5 Å². The zero-order valence-corrected chi connectivity index (χ0v) is 14.1. The van der Waals surface area contributed by atoms with Crippen molar-refractivity contribution in [2.75, 3.05) is 19.6 Å². The molecule has 1 atom stereocenters. The average Bonchev–Trinajstić information content (AvgIpc) is 2.89. The fraction of sp³-hybridized carbons (Fsp3) is 0.867. The molecule has 2 rings (SSSR count). The van der Waals surface area contributed by atoms with E-state index in [4.69, 9.17) is 4.52 Å². The molecule has 0 saturated carbocycles. The number of halogens is 3. The molecule has 0 aromatic carbocycles. The maximum absolute atomic E-state index is 12.4. The molecule has 5 nitrogen and oxygen atoms in total. The molecule has 0 aliphatic carbocycles. The maximum Gasteiger partial charge on any atom is 0.401 e. The summed E-state index contributed by atoms with van der Waals surface area (Å²) in [6, 6.07) is 0.0530. The highest BCUT2D eigenvalue weighted by Gasteiger charge is 2.33. The number of piperidine rings is 1. The van der Waals surface area contributed by atoms with Crippen LogP contribution >= 0.6 is 0 Å². The molecule has 8 heteroatoms. The molecule has 23 heavy (non-hydrogen) atoms. The van der Waals surface area contributed by atoms with Gasteiger partial charge in [0.15, 0.2) is 5.82 Å². The summed E-state index contributed by atoms with van der Waals surface area (Å²) < 4.78 is 42.4. The quantitative estimate of drug-likeness (QED) is 0.917. The Bertz CT molecular complexity index is 502. The average molecular weight is 334 g/mol. The lowest BCUT2D eigenvalue weighted by Crippen LogP contribution is -2.46. The van der Waals surface area contributed by atoms with Crippen LogP contribution in [0.4, 0.5) is 13.2 Å². The molecule has 1 aromatic heterocycles. The predicted molar refractivity (Wildman–Crippen MR) is 80.1 cm³/mol. The third-order valence-electron chi connectivity index (χ3n) is 3.96. The van der Waals surface area contributed by atoms with E-state index in [1.54, 1.807) is 0 Å². The molecule has 0 radical (unpaired) electrons. The van der Waals surface area contributed by atoms with E-state index < -0.39 is 12.7 Å². The third-order valence-corrected chi connectivity index (χ3v) is 3.96. The van der Waals surface area contributed by atoms with Gasteiger partial charge in [-0.25, -0.2) is 0 Å². The Morgan fingerprint density at radius 3 is 2.35 bits per heavy atom. The maximum atomic E-state index is 12.4. The van der Waals surface area contributed by atoms with Crippen LogP contribution < -0.4 is 5.32 Å². The molecule has 2 heterocycles. The topological polar surface area (TPSA) is 54.2 Å². The Morgan fingerprint density at radius 2 is 1.87 bits per heavy atom. The van der Waals surface area contributed by atoms with E-state index in [9.17, 15) is 13.2 Å². The van der Waals surface area contributed by atoms with Crippen LogP contribution in [0.5, 0.6) is 0 Å². The molecular formula is C15H25F3N4O. The molecule has 1 N–H and O–H groups in total. The lowest BCUT2D eigenvalue weighted by molar-refractivity contribution is -0.148. The zero-order valence-electron chi connectivity index (χ0n) is 14.1. The van der Waals surface area contributed by atoms with E-state index in [0.717, 1.165) is 0 Å². The summed E-state index contributed by atoms with van der Waals surface area (Å²) in [5.74, 6) is 1.17. The van der Waals surface area contributed by atoms with Crippen LogP contribution in [0.15, 0.2) is 4.52 Å². The van der Waals surface area contributed by atoms with Gasteiger partial charge in [0, 0.05) is 11.5 Å². The molecule has 0 amide bonds. The second-order valence-electron chi connectivity index (χ2n) is 7.26. The van der Waals surface area contributed by atoms with Crippen LogP contribution in [-0.4, -0.2) is 46.9 Å². The van der Waals surface area contributed by atoms with Gasteiger partial charge in [-0.2, -0.15) is 18.2 Å². The molecule has 1 aliphatic heterocycles. The Labute approximate surface area is 134 Å². The number of hydrogen-bond donors (Lipinski definition) is 1. The van der Waals surface area contributed by atoms with Crippen LogP contribution in [0.3, 0.4) is 0 Å². The Balaban J connectivity index is 1.83. The SMILES string of the molecule is CC(NC1CCN(CC(F)(F)F)CC1)c1nc(C(C)(C)C)no1. The van der Waals surface area contributed by atoms with Gasteiger partial charge in [-0.1, -0.05) is 25.9 Å². The highest BCUT2D eigenvalue weighted by atomic mass is 19.4. The highest BCUT2D eigenvalue weighted by Crippen LogP contribution is 2.23. The van der Waals surface area contributed by atoms with Crippen molar-refractivity contribution in [2.45, 2.75) is 64.2 Å². The molecule has 1 aliphatic rings. The summed E-state index contributed by atoms with van der Waals surface area (Å²) in [4.78, 5) is 5.86. The predicted octanol–water partition coefficient (Wildman–Crippen LogP) is 3.04. The van der Waals surface area contributed by atoms with Crippen LogP contribution in [-0.2, 0) is 5.41 Å². The monoisotopic (exact) mass is 334 g/mol. The molecule has 1 unspecified atom stereocenters. The number of likely N-dealkylation sites (tertiary alicyclic amines) is 1. The van der Waals surface area contributed by atoms with Gasteiger partial charge in [-0.05, 0) is 32.9 Å².